The van der Waals surface area contributed by atoms with Crippen molar-refractivity contribution < 1.29 is 9.18 Å². The van der Waals surface area contributed by atoms with Crippen LogP contribution in [-0.4, -0.2) is 12.1 Å². The van der Waals surface area contributed by atoms with Gasteiger partial charge < -0.3 is 16.4 Å². The number of hydrogen-bond acceptors (Lipinski definition) is 2. The van der Waals surface area contributed by atoms with Gasteiger partial charge in [0.1, 0.15) is 5.82 Å². The van der Waals surface area contributed by atoms with Gasteiger partial charge in [-0.05, 0) is 43.0 Å². The molecule has 0 saturated heterocycles. The maximum absolute atomic E-state index is 13.0. The highest BCUT2D eigenvalue weighted by Crippen LogP contribution is 2.19. The first-order valence-electron chi connectivity index (χ1n) is 5.75. The van der Waals surface area contributed by atoms with Crippen LogP contribution >= 0.6 is 0 Å². The van der Waals surface area contributed by atoms with Gasteiger partial charge in [0.25, 0.3) is 0 Å². The van der Waals surface area contributed by atoms with Gasteiger partial charge in [0.15, 0.2) is 0 Å². The first-order chi connectivity index (χ1) is 8.19. The van der Waals surface area contributed by atoms with Crippen molar-refractivity contribution in [3.63, 3.8) is 0 Å². The van der Waals surface area contributed by atoms with E-state index >= 15 is 0 Å². The molecule has 1 saturated carbocycles. The van der Waals surface area contributed by atoms with Crippen LogP contribution in [0.25, 0.3) is 0 Å². The predicted octanol–water partition coefficient (Wildman–Crippen LogP) is 1.96. The summed E-state index contributed by atoms with van der Waals surface area (Å²) in [5, 5.41) is 5.54. The van der Waals surface area contributed by atoms with Gasteiger partial charge in [-0.3, -0.25) is 0 Å². The highest BCUT2D eigenvalue weighted by atomic mass is 19.1. The Kier molecular flexibility index (Phi) is 3.58. The molecule has 0 radical (unpaired) electrons. The van der Waals surface area contributed by atoms with Crippen molar-refractivity contribution in [1.29, 1.82) is 0 Å². The van der Waals surface area contributed by atoms with Gasteiger partial charge >= 0.3 is 6.03 Å². The first kappa shape index (κ1) is 11.9. The molecule has 17 heavy (non-hydrogen) atoms. The molecule has 1 aromatic rings. The Hall–Kier alpha value is -1.62. The largest absolute Gasteiger partial charge is 0.335 e. The Morgan fingerprint density at radius 2 is 2.24 bits per heavy atom. The fourth-order valence-electron chi connectivity index (χ4n) is 1.75. The van der Waals surface area contributed by atoms with E-state index in [-0.39, 0.29) is 24.4 Å². The third kappa shape index (κ3) is 2.94. The molecule has 0 heterocycles. The average Bonchev–Trinajstić information content (AvgIpc) is 2.26. The number of benzene rings is 1. The maximum Gasteiger partial charge on any atom is 0.319 e. The standard InChI is InChI=1S/C12H16FN3O/c13-9-4-5-11(8(6-9)7-14)16-12(17)15-10-2-1-3-10/h4-6,10H,1-3,7,14H2,(H2,15,16,17). The molecule has 0 bridgehead atoms. The quantitative estimate of drug-likeness (QED) is 0.752. The molecule has 2 amide bonds. The number of carbonyl (C=O) groups is 1. The third-order valence-electron chi connectivity index (χ3n) is 2.98. The average molecular weight is 237 g/mol. The summed E-state index contributed by atoms with van der Waals surface area (Å²) in [4.78, 5) is 11.6. The lowest BCUT2D eigenvalue weighted by atomic mass is 9.93. The fraction of sp³-hybridized carbons (Fsp3) is 0.417. The molecule has 5 heteroatoms. The zero-order valence-electron chi connectivity index (χ0n) is 9.50. The van der Waals surface area contributed by atoms with Gasteiger partial charge in [-0.2, -0.15) is 0 Å². The van der Waals surface area contributed by atoms with Crippen LogP contribution in [0.3, 0.4) is 0 Å². The number of nitrogens with two attached hydrogens (primary N) is 1. The molecule has 0 aromatic heterocycles. The molecule has 4 N–H and O–H groups in total. The monoisotopic (exact) mass is 237 g/mol. The smallest absolute Gasteiger partial charge is 0.319 e. The summed E-state index contributed by atoms with van der Waals surface area (Å²) in [6.07, 6.45) is 3.22. The minimum Gasteiger partial charge on any atom is -0.335 e. The van der Waals surface area contributed by atoms with Crippen molar-refractivity contribution in [2.24, 2.45) is 5.73 Å². The second-order valence-corrected chi connectivity index (χ2v) is 4.23. The van der Waals surface area contributed by atoms with E-state index in [1.807, 2.05) is 0 Å². The molecule has 2 rings (SSSR count). The second kappa shape index (κ2) is 5.14. The maximum atomic E-state index is 13.0. The summed E-state index contributed by atoms with van der Waals surface area (Å²) < 4.78 is 13.0. The van der Waals surface area contributed by atoms with E-state index in [1.54, 1.807) is 0 Å². The lowest BCUT2D eigenvalue weighted by molar-refractivity contribution is 0.240. The number of amides is 2. The lowest BCUT2D eigenvalue weighted by Crippen LogP contribution is -2.42. The minimum atomic E-state index is -0.351. The van der Waals surface area contributed by atoms with E-state index in [9.17, 15) is 9.18 Å². The van der Waals surface area contributed by atoms with Crippen molar-refractivity contribution in [1.82, 2.24) is 5.32 Å². The van der Waals surface area contributed by atoms with Gasteiger partial charge in [0, 0.05) is 18.3 Å². The zero-order valence-corrected chi connectivity index (χ0v) is 9.50. The molecule has 0 atom stereocenters. The highest BCUT2D eigenvalue weighted by molar-refractivity contribution is 5.90. The summed E-state index contributed by atoms with van der Waals surface area (Å²) in [7, 11) is 0. The predicted molar refractivity (Wildman–Crippen MR) is 64.1 cm³/mol. The number of hydrogen-bond donors (Lipinski definition) is 3. The summed E-state index contributed by atoms with van der Waals surface area (Å²) >= 11 is 0. The summed E-state index contributed by atoms with van der Waals surface area (Å²) in [6.45, 7) is 0.191. The molecule has 1 fully saturated rings. The number of anilines is 1. The number of rotatable bonds is 3. The molecule has 92 valence electrons. The minimum absolute atomic E-state index is 0.191. The Balaban J connectivity index is 1.99. The van der Waals surface area contributed by atoms with Crippen molar-refractivity contribution in [3.8, 4) is 0 Å². The van der Waals surface area contributed by atoms with Crippen molar-refractivity contribution in [2.45, 2.75) is 31.8 Å². The van der Waals surface area contributed by atoms with E-state index in [0.717, 1.165) is 19.3 Å². The van der Waals surface area contributed by atoms with Crippen LogP contribution in [0.2, 0.25) is 0 Å². The SMILES string of the molecule is NCc1cc(F)ccc1NC(=O)NC1CCC1. The molecular weight excluding hydrogens is 221 g/mol. The van der Waals surface area contributed by atoms with Crippen molar-refractivity contribution >= 4 is 11.7 Å². The van der Waals surface area contributed by atoms with Gasteiger partial charge in [0.05, 0.1) is 0 Å². The topological polar surface area (TPSA) is 67.1 Å². The third-order valence-corrected chi connectivity index (χ3v) is 2.98. The van der Waals surface area contributed by atoms with E-state index in [4.69, 9.17) is 5.73 Å². The highest BCUT2D eigenvalue weighted by Gasteiger charge is 2.19. The van der Waals surface area contributed by atoms with E-state index in [2.05, 4.69) is 10.6 Å². The molecule has 4 nitrogen and oxygen atoms in total. The number of urea groups is 1. The summed E-state index contributed by atoms with van der Waals surface area (Å²) in [6, 6.07) is 4.18. The Bertz CT molecular complexity index is 418. The summed E-state index contributed by atoms with van der Waals surface area (Å²) in [5.41, 5.74) is 6.65. The number of nitrogens with one attached hydrogen (secondary N) is 2. The normalized spacial score (nSPS) is 15.2. The van der Waals surface area contributed by atoms with E-state index < -0.39 is 0 Å². The molecule has 0 spiro atoms. The van der Waals surface area contributed by atoms with Crippen LogP contribution < -0.4 is 16.4 Å². The molecule has 1 aromatic carbocycles. The van der Waals surface area contributed by atoms with Crippen LogP contribution in [0.4, 0.5) is 14.9 Å². The van der Waals surface area contributed by atoms with Gasteiger partial charge in [-0.15, -0.1) is 0 Å². The van der Waals surface area contributed by atoms with Crippen molar-refractivity contribution in [2.75, 3.05) is 5.32 Å². The fourth-order valence-corrected chi connectivity index (χ4v) is 1.75. The molecule has 0 unspecified atom stereocenters. The van der Waals surface area contributed by atoms with Crippen molar-refractivity contribution in [3.05, 3.63) is 29.6 Å². The Morgan fingerprint density at radius 1 is 1.47 bits per heavy atom. The van der Waals surface area contributed by atoms with Crippen LogP contribution in [0.1, 0.15) is 24.8 Å². The van der Waals surface area contributed by atoms with Crippen LogP contribution in [0.15, 0.2) is 18.2 Å². The summed E-state index contributed by atoms with van der Waals surface area (Å²) in [5.74, 6) is -0.351. The van der Waals surface area contributed by atoms with Gasteiger partial charge in [-0.25, -0.2) is 9.18 Å². The van der Waals surface area contributed by atoms with Gasteiger partial charge in [0.2, 0.25) is 0 Å². The number of carbonyl (C=O) groups excluding carboxylic acids is 1. The molecule has 0 aliphatic heterocycles. The first-order valence-corrected chi connectivity index (χ1v) is 5.75. The molecule has 1 aliphatic rings. The Labute approximate surface area is 99.4 Å². The Morgan fingerprint density at radius 3 is 2.82 bits per heavy atom. The van der Waals surface area contributed by atoms with E-state index in [0.29, 0.717) is 11.3 Å². The molecule has 1 aliphatic carbocycles. The second-order valence-electron chi connectivity index (χ2n) is 4.23. The van der Waals surface area contributed by atoms with Crippen LogP contribution in [0, 0.1) is 5.82 Å². The number of halogens is 1. The lowest BCUT2D eigenvalue weighted by Gasteiger charge is -2.26. The van der Waals surface area contributed by atoms with Crippen LogP contribution in [0.5, 0.6) is 0 Å². The van der Waals surface area contributed by atoms with E-state index in [1.165, 1.54) is 18.2 Å². The van der Waals surface area contributed by atoms with Gasteiger partial charge in [-0.1, -0.05) is 0 Å². The molecular formula is C12H16FN3O. The van der Waals surface area contributed by atoms with Crippen LogP contribution in [-0.2, 0) is 6.54 Å². The zero-order chi connectivity index (χ0) is 12.3.